The van der Waals surface area contributed by atoms with Crippen LogP contribution in [0, 0.1) is 0 Å². The fourth-order valence-electron chi connectivity index (χ4n) is 1.72. The van der Waals surface area contributed by atoms with Crippen LogP contribution in [0.2, 0.25) is 0 Å². The third kappa shape index (κ3) is 4.72. The van der Waals surface area contributed by atoms with Crippen molar-refractivity contribution in [1.29, 1.82) is 0 Å². The number of esters is 1. The number of aliphatic imine (C=N–C) groups is 1. The first-order chi connectivity index (χ1) is 12.3. The van der Waals surface area contributed by atoms with Gasteiger partial charge in [-0.1, -0.05) is 13.2 Å². The quantitative estimate of drug-likeness (QED) is 0.300. The molecule has 27 heavy (non-hydrogen) atoms. The SMILES string of the molecule is C=CN=C(C=C)n1ncc(C(=O)OCC)c1C(F)(F)OC(F)(F)C(F)(F)F. The molecule has 0 saturated carbocycles. The highest BCUT2D eigenvalue weighted by Gasteiger charge is 2.65. The number of hydrogen-bond acceptors (Lipinski definition) is 5. The first-order valence-corrected chi connectivity index (χ1v) is 6.92. The van der Waals surface area contributed by atoms with Gasteiger partial charge in [0.1, 0.15) is 5.56 Å². The Morgan fingerprint density at radius 3 is 2.30 bits per heavy atom. The number of carbonyl (C=O) groups excluding carboxylic acids is 1. The highest BCUT2D eigenvalue weighted by molar-refractivity contribution is 5.97. The summed E-state index contributed by atoms with van der Waals surface area (Å²) in [6.45, 7) is 7.39. The van der Waals surface area contributed by atoms with Crippen LogP contribution in [0.5, 0.6) is 0 Å². The molecule has 1 aromatic heterocycles. The van der Waals surface area contributed by atoms with Crippen molar-refractivity contribution in [3.63, 3.8) is 0 Å². The summed E-state index contributed by atoms with van der Waals surface area (Å²) in [4.78, 5) is 15.3. The molecular formula is C14H12F7N3O3. The summed E-state index contributed by atoms with van der Waals surface area (Å²) in [5, 5.41) is 3.35. The molecule has 13 heteroatoms. The summed E-state index contributed by atoms with van der Waals surface area (Å²) < 4.78 is 98.7. The van der Waals surface area contributed by atoms with Gasteiger partial charge in [0.15, 0.2) is 11.5 Å². The molecule has 0 unspecified atom stereocenters. The van der Waals surface area contributed by atoms with Crippen LogP contribution in [-0.4, -0.2) is 40.5 Å². The van der Waals surface area contributed by atoms with Gasteiger partial charge in [-0.05, 0) is 13.0 Å². The molecule has 0 radical (unpaired) electrons. The fourth-order valence-corrected chi connectivity index (χ4v) is 1.72. The average Bonchev–Trinajstić information content (AvgIpc) is 2.96. The normalized spacial score (nSPS) is 13.4. The van der Waals surface area contributed by atoms with Crippen LogP contribution in [-0.2, 0) is 15.6 Å². The van der Waals surface area contributed by atoms with Gasteiger partial charge in [-0.2, -0.15) is 35.8 Å². The van der Waals surface area contributed by atoms with E-state index in [2.05, 4.69) is 32.7 Å². The van der Waals surface area contributed by atoms with Crippen LogP contribution in [0.3, 0.4) is 0 Å². The second kappa shape index (κ2) is 7.90. The minimum atomic E-state index is -6.44. The van der Waals surface area contributed by atoms with Gasteiger partial charge in [0, 0.05) is 6.20 Å². The van der Waals surface area contributed by atoms with E-state index >= 15 is 0 Å². The van der Waals surface area contributed by atoms with Crippen molar-refractivity contribution >= 4 is 11.8 Å². The summed E-state index contributed by atoms with van der Waals surface area (Å²) >= 11 is 0. The van der Waals surface area contributed by atoms with E-state index in [0.717, 1.165) is 12.3 Å². The highest BCUT2D eigenvalue weighted by atomic mass is 19.4. The lowest BCUT2D eigenvalue weighted by molar-refractivity contribution is -0.462. The maximum atomic E-state index is 14.3. The summed E-state index contributed by atoms with van der Waals surface area (Å²) in [5.41, 5.74) is -2.87. The summed E-state index contributed by atoms with van der Waals surface area (Å²) in [5.74, 6) is -2.02. The zero-order chi connectivity index (χ0) is 21.0. The third-order valence-electron chi connectivity index (χ3n) is 2.75. The third-order valence-corrected chi connectivity index (χ3v) is 2.75. The Kier molecular flexibility index (Phi) is 6.54. The van der Waals surface area contributed by atoms with Crippen molar-refractivity contribution in [2.75, 3.05) is 6.61 Å². The number of nitrogens with zero attached hydrogens (tertiary/aromatic N) is 3. The molecule has 0 N–H and O–H groups in total. The topological polar surface area (TPSA) is 65.7 Å². The number of aromatic nitrogens is 2. The number of ether oxygens (including phenoxy) is 2. The lowest BCUT2D eigenvalue weighted by atomic mass is 10.2. The number of alkyl halides is 7. The van der Waals surface area contributed by atoms with Crippen molar-refractivity contribution in [3.8, 4) is 0 Å². The molecule has 6 nitrogen and oxygen atoms in total. The number of allylic oxidation sites excluding steroid dienone is 1. The molecule has 0 saturated heterocycles. The molecule has 1 rings (SSSR count). The molecule has 150 valence electrons. The standard InChI is InChI=1S/C14H12F7N3O3/c1-4-9(22-5-2)24-10(8(7-23-24)11(25)26-6-3)12(15,16)27-14(20,21)13(17,18)19/h4-5,7H,1-2,6H2,3H3. The van der Waals surface area contributed by atoms with Gasteiger partial charge in [-0.15, -0.1) is 0 Å². The largest absolute Gasteiger partial charge is 0.483 e. The molecule has 0 amide bonds. The lowest BCUT2D eigenvalue weighted by Crippen LogP contribution is -2.44. The van der Waals surface area contributed by atoms with Gasteiger partial charge >= 0.3 is 24.4 Å². The molecule has 0 aromatic carbocycles. The van der Waals surface area contributed by atoms with E-state index < -0.39 is 41.5 Å². The molecule has 0 aliphatic carbocycles. The summed E-state index contributed by atoms with van der Waals surface area (Å²) in [6.07, 6.45) is -15.9. The number of hydrogen-bond donors (Lipinski definition) is 0. The predicted octanol–water partition coefficient (Wildman–Crippen LogP) is 3.86. The molecule has 0 atom stereocenters. The summed E-state index contributed by atoms with van der Waals surface area (Å²) in [7, 11) is 0. The molecule has 0 bridgehead atoms. The van der Waals surface area contributed by atoms with E-state index in [4.69, 9.17) is 0 Å². The van der Waals surface area contributed by atoms with E-state index in [-0.39, 0.29) is 11.3 Å². The molecule has 0 fully saturated rings. The molecule has 1 aromatic rings. The van der Waals surface area contributed by atoms with E-state index in [1.54, 1.807) is 0 Å². The Morgan fingerprint density at radius 2 is 1.85 bits per heavy atom. The monoisotopic (exact) mass is 403 g/mol. The Bertz CT molecular complexity index is 754. The molecule has 0 spiro atoms. The minimum absolute atomic E-state index is 0.105. The molecule has 0 aliphatic heterocycles. The van der Waals surface area contributed by atoms with Gasteiger partial charge in [0.2, 0.25) is 0 Å². The highest BCUT2D eigenvalue weighted by Crippen LogP contribution is 2.44. The van der Waals surface area contributed by atoms with Crippen LogP contribution in [0.25, 0.3) is 0 Å². The van der Waals surface area contributed by atoms with Crippen LogP contribution in [0.1, 0.15) is 23.0 Å². The van der Waals surface area contributed by atoms with E-state index in [9.17, 15) is 35.5 Å². The van der Waals surface area contributed by atoms with Crippen molar-refractivity contribution in [1.82, 2.24) is 9.78 Å². The zero-order valence-electron chi connectivity index (χ0n) is 13.6. The van der Waals surface area contributed by atoms with E-state index in [0.29, 0.717) is 6.20 Å². The first-order valence-electron chi connectivity index (χ1n) is 6.92. The molecular weight excluding hydrogens is 391 g/mol. The van der Waals surface area contributed by atoms with Crippen LogP contribution < -0.4 is 0 Å². The van der Waals surface area contributed by atoms with Gasteiger partial charge in [0.25, 0.3) is 0 Å². The Balaban J connectivity index is 3.63. The van der Waals surface area contributed by atoms with Gasteiger partial charge in [0.05, 0.1) is 12.8 Å². The maximum absolute atomic E-state index is 14.3. The van der Waals surface area contributed by atoms with Crippen LogP contribution in [0.4, 0.5) is 30.7 Å². The van der Waals surface area contributed by atoms with Crippen molar-refractivity contribution in [2.45, 2.75) is 25.3 Å². The second-order valence-corrected chi connectivity index (χ2v) is 4.55. The van der Waals surface area contributed by atoms with E-state index in [1.165, 1.54) is 6.92 Å². The predicted molar refractivity (Wildman–Crippen MR) is 77.4 cm³/mol. The smallest absolute Gasteiger partial charge is 0.462 e. The Labute approximate surface area is 147 Å². The Hall–Kier alpha value is -2.70. The Morgan fingerprint density at radius 1 is 1.26 bits per heavy atom. The van der Waals surface area contributed by atoms with Gasteiger partial charge in [-0.25, -0.2) is 19.2 Å². The van der Waals surface area contributed by atoms with Crippen LogP contribution in [0.15, 0.2) is 36.6 Å². The maximum Gasteiger partial charge on any atom is 0.483 e. The van der Waals surface area contributed by atoms with Crippen molar-refractivity contribution in [2.24, 2.45) is 4.99 Å². The van der Waals surface area contributed by atoms with E-state index in [1.807, 2.05) is 0 Å². The lowest BCUT2D eigenvalue weighted by Gasteiger charge is -2.26. The van der Waals surface area contributed by atoms with Crippen molar-refractivity contribution in [3.05, 3.63) is 42.9 Å². The second-order valence-electron chi connectivity index (χ2n) is 4.55. The minimum Gasteiger partial charge on any atom is -0.462 e. The van der Waals surface area contributed by atoms with Crippen molar-refractivity contribution < 1.29 is 45.0 Å². The summed E-state index contributed by atoms with van der Waals surface area (Å²) in [6, 6.07) is 0. The molecule has 1 heterocycles. The number of carbonyl (C=O) groups is 1. The molecule has 0 aliphatic rings. The first kappa shape index (κ1) is 22.3. The zero-order valence-corrected chi connectivity index (χ0v) is 13.6. The average molecular weight is 403 g/mol. The number of halogens is 7. The van der Waals surface area contributed by atoms with Gasteiger partial charge < -0.3 is 4.74 Å². The number of rotatable bonds is 7. The van der Waals surface area contributed by atoms with Gasteiger partial charge in [-0.3, -0.25) is 0 Å². The van der Waals surface area contributed by atoms with Crippen LogP contribution >= 0.6 is 0 Å². The fraction of sp³-hybridized carbons (Fsp3) is 0.357.